The molecule has 0 radical (unpaired) electrons. The van der Waals surface area contributed by atoms with Gasteiger partial charge >= 0.3 is 0 Å². The Morgan fingerprint density at radius 2 is 1.93 bits per heavy atom. The van der Waals surface area contributed by atoms with E-state index in [-0.39, 0.29) is 29.3 Å². The van der Waals surface area contributed by atoms with Crippen LogP contribution in [-0.4, -0.2) is 43.7 Å². The van der Waals surface area contributed by atoms with Crippen molar-refractivity contribution in [3.63, 3.8) is 0 Å². The van der Waals surface area contributed by atoms with Gasteiger partial charge < -0.3 is 4.90 Å². The van der Waals surface area contributed by atoms with Crippen LogP contribution in [0, 0.1) is 5.82 Å². The average molecular weight is 405 g/mol. The molecule has 0 spiro atoms. The van der Waals surface area contributed by atoms with E-state index in [0.29, 0.717) is 5.56 Å². The highest BCUT2D eigenvalue weighted by Gasteiger charge is 2.21. The molecule has 0 fully saturated rings. The first kappa shape index (κ1) is 20.4. The number of likely N-dealkylation sites (N-methyl/N-ethyl adjacent to an activating group) is 1. The molecule has 1 heterocycles. The molecule has 0 saturated carbocycles. The van der Waals surface area contributed by atoms with Crippen molar-refractivity contribution in [1.82, 2.24) is 19.4 Å². The lowest BCUT2D eigenvalue weighted by molar-refractivity contribution is 0.299. The minimum atomic E-state index is -3.72. The molecular formula is C20H25FN4O2S. The summed E-state index contributed by atoms with van der Waals surface area (Å²) in [5.74, 6) is -0.347. The monoisotopic (exact) mass is 404 g/mol. The van der Waals surface area contributed by atoms with Crippen molar-refractivity contribution >= 4 is 20.9 Å². The number of hydrogen-bond acceptors (Lipinski definition) is 4. The lowest BCUT2D eigenvalue weighted by Gasteiger charge is -2.25. The molecule has 2 aromatic carbocycles. The van der Waals surface area contributed by atoms with Gasteiger partial charge in [-0.1, -0.05) is 12.1 Å². The Kier molecular flexibility index (Phi) is 5.83. The molecule has 28 heavy (non-hydrogen) atoms. The Morgan fingerprint density at radius 1 is 1.18 bits per heavy atom. The summed E-state index contributed by atoms with van der Waals surface area (Å²) in [7, 11) is -0.0577. The van der Waals surface area contributed by atoms with E-state index in [2.05, 4.69) is 9.82 Å². The summed E-state index contributed by atoms with van der Waals surface area (Å²) in [6.07, 6.45) is 1.67. The highest BCUT2D eigenvalue weighted by molar-refractivity contribution is 7.89. The lowest BCUT2D eigenvalue weighted by atomic mass is 10.1. The number of fused-ring (bicyclic) bond motifs is 1. The molecular weight excluding hydrogens is 379 g/mol. The minimum absolute atomic E-state index is 0.127. The van der Waals surface area contributed by atoms with Crippen LogP contribution >= 0.6 is 0 Å². The molecule has 1 N–H and O–H groups in total. The molecule has 0 aliphatic rings. The Hall–Kier alpha value is -2.29. The van der Waals surface area contributed by atoms with Gasteiger partial charge in [0.05, 0.1) is 16.6 Å². The van der Waals surface area contributed by atoms with E-state index in [1.807, 2.05) is 37.5 Å². The summed E-state index contributed by atoms with van der Waals surface area (Å²) < 4.78 is 43.7. The summed E-state index contributed by atoms with van der Waals surface area (Å²) >= 11 is 0. The Bertz CT molecular complexity index is 1080. The van der Waals surface area contributed by atoms with E-state index in [9.17, 15) is 12.8 Å². The molecule has 0 bridgehead atoms. The second kappa shape index (κ2) is 7.98. The highest BCUT2D eigenvalue weighted by atomic mass is 32.2. The number of nitrogens with one attached hydrogen (secondary N) is 1. The average Bonchev–Trinajstić information content (AvgIpc) is 3.05. The van der Waals surface area contributed by atoms with Crippen LogP contribution in [0.1, 0.15) is 31.5 Å². The van der Waals surface area contributed by atoms with Gasteiger partial charge in [-0.25, -0.2) is 17.5 Å². The van der Waals surface area contributed by atoms with Crippen molar-refractivity contribution in [1.29, 1.82) is 0 Å². The third-order valence-corrected chi connectivity index (χ3v) is 6.11. The van der Waals surface area contributed by atoms with Gasteiger partial charge in [0.15, 0.2) is 0 Å². The second-order valence-corrected chi connectivity index (χ2v) is 9.06. The highest BCUT2D eigenvalue weighted by Crippen LogP contribution is 2.23. The molecule has 8 heteroatoms. The van der Waals surface area contributed by atoms with E-state index in [1.54, 1.807) is 36.5 Å². The largest absolute Gasteiger partial charge is 0.301 e. The van der Waals surface area contributed by atoms with Crippen molar-refractivity contribution < 1.29 is 12.8 Å². The van der Waals surface area contributed by atoms with Gasteiger partial charge in [0.1, 0.15) is 5.82 Å². The summed E-state index contributed by atoms with van der Waals surface area (Å²) in [5, 5.41) is 5.09. The zero-order valence-corrected chi connectivity index (χ0v) is 17.2. The lowest BCUT2D eigenvalue weighted by Crippen LogP contribution is -2.34. The fourth-order valence-electron chi connectivity index (χ4n) is 3.19. The van der Waals surface area contributed by atoms with Crippen molar-refractivity contribution in [2.24, 2.45) is 0 Å². The van der Waals surface area contributed by atoms with E-state index in [0.717, 1.165) is 10.9 Å². The summed E-state index contributed by atoms with van der Waals surface area (Å²) in [6, 6.07) is 11.1. The molecule has 0 amide bonds. The number of nitrogens with zero attached hydrogens (tertiary/aromatic N) is 3. The maximum absolute atomic E-state index is 13.6. The van der Waals surface area contributed by atoms with Gasteiger partial charge in [-0.05, 0) is 63.8 Å². The number of hydrogen-bond donors (Lipinski definition) is 1. The van der Waals surface area contributed by atoms with Crippen molar-refractivity contribution in [2.45, 2.75) is 30.8 Å². The van der Waals surface area contributed by atoms with Crippen LogP contribution < -0.4 is 4.72 Å². The standard InChI is InChI=1S/C20H25FN4O2S/c1-14(2)25-19-9-8-18(11-16(19)12-22-25)28(26,27)23-13-20(24(3)4)15-6-5-7-17(21)10-15/h5-12,14,20,23H,13H2,1-4H3/t20-/m1/s1. The zero-order valence-electron chi connectivity index (χ0n) is 16.4. The fourth-order valence-corrected chi connectivity index (χ4v) is 4.27. The first-order chi connectivity index (χ1) is 13.2. The first-order valence-corrected chi connectivity index (χ1v) is 10.6. The molecule has 0 saturated heterocycles. The van der Waals surface area contributed by atoms with E-state index >= 15 is 0 Å². The predicted molar refractivity (Wildman–Crippen MR) is 108 cm³/mol. The zero-order chi connectivity index (χ0) is 20.5. The van der Waals surface area contributed by atoms with Gasteiger partial charge in [-0.15, -0.1) is 0 Å². The van der Waals surface area contributed by atoms with Crippen LogP contribution in [0.3, 0.4) is 0 Å². The van der Waals surface area contributed by atoms with Gasteiger partial charge in [-0.3, -0.25) is 4.68 Å². The number of benzene rings is 2. The van der Waals surface area contributed by atoms with Gasteiger partial charge in [0.2, 0.25) is 10.0 Å². The van der Waals surface area contributed by atoms with Crippen LogP contribution in [0.2, 0.25) is 0 Å². The van der Waals surface area contributed by atoms with Gasteiger partial charge in [0.25, 0.3) is 0 Å². The number of aromatic nitrogens is 2. The Labute approximate surface area is 165 Å². The molecule has 1 atom stereocenters. The molecule has 6 nitrogen and oxygen atoms in total. The summed E-state index contributed by atoms with van der Waals surface area (Å²) in [4.78, 5) is 2.03. The van der Waals surface area contributed by atoms with E-state index in [1.165, 1.54) is 12.1 Å². The molecule has 1 aromatic heterocycles. The van der Waals surface area contributed by atoms with Crippen LogP contribution in [0.15, 0.2) is 53.6 Å². The quantitative estimate of drug-likeness (QED) is 0.656. The normalized spacial score (nSPS) is 13.5. The summed E-state index contributed by atoms with van der Waals surface area (Å²) in [5.41, 5.74) is 1.60. The smallest absolute Gasteiger partial charge is 0.240 e. The Balaban J connectivity index is 1.83. The number of halogens is 1. The van der Waals surface area contributed by atoms with E-state index < -0.39 is 10.0 Å². The molecule has 0 unspecified atom stereocenters. The van der Waals surface area contributed by atoms with Crippen LogP contribution in [0.5, 0.6) is 0 Å². The SMILES string of the molecule is CC(C)n1ncc2cc(S(=O)(=O)NC[C@H](c3cccc(F)c3)N(C)C)ccc21. The maximum Gasteiger partial charge on any atom is 0.240 e. The molecule has 150 valence electrons. The number of rotatable bonds is 7. The van der Waals surface area contributed by atoms with Crippen molar-refractivity contribution in [3.8, 4) is 0 Å². The molecule has 0 aliphatic carbocycles. The number of sulfonamides is 1. The summed E-state index contributed by atoms with van der Waals surface area (Å²) in [6.45, 7) is 4.17. The van der Waals surface area contributed by atoms with Gasteiger partial charge in [-0.2, -0.15) is 5.10 Å². The van der Waals surface area contributed by atoms with Crippen LogP contribution in [-0.2, 0) is 10.0 Å². The first-order valence-electron chi connectivity index (χ1n) is 9.08. The third-order valence-electron chi connectivity index (χ3n) is 4.69. The minimum Gasteiger partial charge on any atom is -0.301 e. The van der Waals surface area contributed by atoms with Crippen LogP contribution in [0.4, 0.5) is 4.39 Å². The fraction of sp³-hybridized carbons (Fsp3) is 0.350. The topological polar surface area (TPSA) is 67.2 Å². The predicted octanol–water partition coefficient (Wildman–Crippen LogP) is 3.34. The molecule has 0 aliphatic heterocycles. The van der Waals surface area contributed by atoms with Crippen LogP contribution in [0.25, 0.3) is 10.9 Å². The van der Waals surface area contributed by atoms with Crippen molar-refractivity contribution in [3.05, 3.63) is 60.0 Å². The molecule has 3 aromatic rings. The Morgan fingerprint density at radius 3 is 2.57 bits per heavy atom. The van der Waals surface area contributed by atoms with E-state index in [4.69, 9.17) is 0 Å². The maximum atomic E-state index is 13.6. The molecule has 3 rings (SSSR count). The second-order valence-electron chi connectivity index (χ2n) is 7.29. The van der Waals surface area contributed by atoms with Gasteiger partial charge in [0, 0.05) is 24.0 Å². The van der Waals surface area contributed by atoms with Crippen molar-refractivity contribution in [2.75, 3.05) is 20.6 Å². The third kappa shape index (κ3) is 4.24.